The Kier molecular flexibility index (Phi) is 5.08. The standard InChI is InChI=1S/C17H20BrClFNO/c18-14-6-7-15(19)13(17(14)20)10-11-3-1-4-12(9-11)21-8-2-5-16(21)22/h6-7,11-12H,1-5,8-10H2. The Balaban J connectivity index is 1.71. The number of hydrogen-bond acceptors (Lipinski definition) is 1. The molecule has 1 saturated carbocycles. The molecule has 120 valence electrons. The highest BCUT2D eigenvalue weighted by atomic mass is 79.9. The minimum atomic E-state index is -0.244. The van der Waals surface area contributed by atoms with Crippen molar-refractivity contribution in [2.24, 2.45) is 5.92 Å². The lowest BCUT2D eigenvalue weighted by Gasteiger charge is -2.35. The van der Waals surface area contributed by atoms with Crippen LogP contribution in [0.3, 0.4) is 0 Å². The quantitative estimate of drug-likeness (QED) is 0.670. The summed E-state index contributed by atoms with van der Waals surface area (Å²) in [6.45, 7) is 0.891. The van der Waals surface area contributed by atoms with Gasteiger partial charge in [-0.25, -0.2) is 4.39 Å². The maximum atomic E-state index is 14.3. The number of halogens is 3. The molecule has 3 rings (SSSR count). The molecule has 0 N–H and O–H groups in total. The molecular weight excluding hydrogens is 369 g/mol. The first-order valence-corrected chi connectivity index (χ1v) is 9.15. The van der Waals surface area contributed by atoms with Crippen molar-refractivity contribution >= 4 is 33.4 Å². The van der Waals surface area contributed by atoms with Crippen molar-refractivity contribution in [2.75, 3.05) is 6.54 Å². The van der Waals surface area contributed by atoms with Gasteiger partial charge in [0, 0.05) is 29.6 Å². The molecule has 0 spiro atoms. The van der Waals surface area contributed by atoms with Gasteiger partial charge in [0.05, 0.1) is 4.47 Å². The molecule has 2 nitrogen and oxygen atoms in total. The molecule has 0 aromatic heterocycles. The lowest BCUT2D eigenvalue weighted by Crippen LogP contribution is -2.39. The Morgan fingerprint density at radius 3 is 2.86 bits per heavy atom. The first-order valence-electron chi connectivity index (χ1n) is 7.98. The van der Waals surface area contributed by atoms with Crippen molar-refractivity contribution in [1.82, 2.24) is 4.90 Å². The van der Waals surface area contributed by atoms with Crippen LogP contribution in [0.5, 0.6) is 0 Å². The summed E-state index contributed by atoms with van der Waals surface area (Å²) >= 11 is 9.41. The Hall–Kier alpha value is -0.610. The molecule has 1 amide bonds. The van der Waals surface area contributed by atoms with E-state index in [2.05, 4.69) is 15.9 Å². The van der Waals surface area contributed by atoms with Gasteiger partial charge in [-0.1, -0.05) is 18.0 Å². The summed E-state index contributed by atoms with van der Waals surface area (Å²) < 4.78 is 14.7. The zero-order valence-corrected chi connectivity index (χ0v) is 14.8. The lowest BCUT2D eigenvalue weighted by atomic mass is 9.81. The van der Waals surface area contributed by atoms with E-state index in [1.54, 1.807) is 12.1 Å². The van der Waals surface area contributed by atoms with Gasteiger partial charge in [-0.3, -0.25) is 4.79 Å². The largest absolute Gasteiger partial charge is 0.340 e. The fourth-order valence-electron chi connectivity index (χ4n) is 3.83. The van der Waals surface area contributed by atoms with Gasteiger partial charge in [-0.05, 0) is 66.1 Å². The fraction of sp³-hybridized carbons (Fsp3) is 0.588. The van der Waals surface area contributed by atoms with Crippen LogP contribution in [0.25, 0.3) is 0 Å². The van der Waals surface area contributed by atoms with Crippen LogP contribution >= 0.6 is 27.5 Å². The van der Waals surface area contributed by atoms with Gasteiger partial charge in [0.15, 0.2) is 0 Å². The minimum Gasteiger partial charge on any atom is -0.340 e. The molecule has 2 atom stereocenters. The van der Waals surface area contributed by atoms with E-state index >= 15 is 0 Å². The van der Waals surface area contributed by atoms with E-state index in [1.165, 1.54) is 0 Å². The number of amides is 1. The van der Waals surface area contributed by atoms with Crippen molar-refractivity contribution in [1.29, 1.82) is 0 Å². The first-order chi connectivity index (χ1) is 10.6. The number of carbonyl (C=O) groups is 1. The van der Waals surface area contributed by atoms with E-state index < -0.39 is 0 Å². The monoisotopic (exact) mass is 387 g/mol. The maximum Gasteiger partial charge on any atom is 0.222 e. The molecule has 2 fully saturated rings. The highest BCUT2D eigenvalue weighted by Gasteiger charge is 2.32. The first kappa shape index (κ1) is 16.3. The van der Waals surface area contributed by atoms with E-state index in [4.69, 9.17) is 11.6 Å². The average Bonchev–Trinajstić information content (AvgIpc) is 2.94. The third-order valence-corrected chi connectivity index (χ3v) is 5.90. The normalized spacial score (nSPS) is 25.8. The molecule has 2 aliphatic rings. The Morgan fingerprint density at radius 1 is 1.32 bits per heavy atom. The second kappa shape index (κ2) is 6.88. The number of rotatable bonds is 3. The third-order valence-electron chi connectivity index (χ3n) is 4.94. The Morgan fingerprint density at radius 2 is 2.14 bits per heavy atom. The van der Waals surface area contributed by atoms with Crippen LogP contribution in [0.4, 0.5) is 4.39 Å². The van der Waals surface area contributed by atoms with Gasteiger partial charge in [0.2, 0.25) is 5.91 Å². The Bertz CT molecular complexity index is 580. The number of carbonyl (C=O) groups excluding carboxylic acids is 1. The summed E-state index contributed by atoms with van der Waals surface area (Å²) in [4.78, 5) is 14.0. The molecule has 1 aromatic carbocycles. The Labute approximate surface area is 144 Å². The van der Waals surface area contributed by atoms with Gasteiger partial charge >= 0.3 is 0 Å². The summed E-state index contributed by atoms with van der Waals surface area (Å²) in [7, 11) is 0. The summed E-state index contributed by atoms with van der Waals surface area (Å²) in [6, 6.07) is 3.73. The molecule has 1 heterocycles. The van der Waals surface area contributed by atoms with Crippen LogP contribution < -0.4 is 0 Å². The summed E-state index contributed by atoms with van der Waals surface area (Å²) in [5.74, 6) is 0.442. The summed E-state index contributed by atoms with van der Waals surface area (Å²) in [5.41, 5.74) is 0.606. The van der Waals surface area contributed by atoms with E-state index in [0.29, 0.717) is 39.9 Å². The second-order valence-electron chi connectivity index (χ2n) is 6.40. The second-order valence-corrected chi connectivity index (χ2v) is 7.66. The third kappa shape index (κ3) is 3.33. The van der Waals surface area contributed by atoms with Crippen molar-refractivity contribution in [2.45, 2.75) is 51.0 Å². The van der Waals surface area contributed by atoms with Gasteiger partial charge < -0.3 is 4.90 Å². The molecule has 22 heavy (non-hydrogen) atoms. The number of nitrogens with zero attached hydrogens (tertiary/aromatic N) is 1. The van der Waals surface area contributed by atoms with Gasteiger partial charge in [-0.15, -0.1) is 0 Å². The zero-order chi connectivity index (χ0) is 15.7. The molecule has 0 bridgehead atoms. The molecule has 1 aliphatic heterocycles. The van der Waals surface area contributed by atoms with Crippen LogP contribution in [0, 0.1) is 11.7 Å². The van der Waals surface area contributed by atoms with Gasteiger partial charge in [0.25, 0.3) is 0 Å². The highest BCUT2D eigenvalue weighted by molar-refractivity contribution is 9.10. The van der Waals surface area contributed by atoms with Crippen LogP contribution in [-0.2, 0) is 11.2 Å². The molecule has 1 saturated heterocycles. The van der Waals surface area contributed by atoms with E-state index in [1.807, 2.05) is 4.90 Å². The fourth-order valence-corrected chi connectivity index (χ4v) is 4.43. The van der Waals surface area contributed by atoms with E-state index in [0.717, 1.165) is 38.6 Å². The molecule has 5 heteroatoms. The predicted molar refractivity (Wildman–Crippen MR) is 89.5 cm³/mol. The number of benzene rings is 1. The molecular formula is C17H20BrClFNO. The van der Waals surface area contributed by atoms with Crippen LogP contribution in [-0.4, -0.2) is 23.4 Å². The highest BCUT2D eigenvalue weighted by Crippen LogP contribution is 2.35. The van der Waals surface area contributed by atoms with Gasteiger partial charge in [-0.2, -0.15) is 0 Å². The number of hydrogen-bond donors (Lipinski definition) is 0. The van der Waals surface area contributed by atoms with Crippen LogP contribution in [0.2, 0.25) is 5.02 Å². The predicted octanol–water partition coefficient (Wildman–Crippen LogP) is 4.97. The summed E-state index contributed by atoms with van der Waals surface area (Å²) in [5, 5.41) is 0.500. The number of likely N-dealkylation sites (tertiary alicyclic amines) is 1. The molecule has 2 unspecified atom stereocenters. The van der Waals surface area contributed by atoms with Crippen LogP contribution in [0.15, 0.2) is 16.6 Å². The van der Waals surface area contributed by atoms with E-state index in [9.17, 15) is 9.18 Å². The van der Waals surface area contributed by atoms with Crippen molar-refractivity contribution < 1.29 is 9.18 Å². The van der Waals surface area contributed by atoms with Crippen molar-refractivity contribution in [3.05, 3.63) is 33.0 Å². The van der Waals surface area contributed by atoms with Crippen molar-refractivity contribution in [3.8, 4) is 0 Å². The molecule has 0 radical (unpaired) electrons. The zero-order valence-electron chi connectivity index (χ0n) is 12.5. The average molecular weight is 389 g/mol. The molecule has 1 aliphatic carbocycles. The van der Waals surface area contributed by atoms with Crippen LogP contribution in [0.1, 0.15) is 44.1 Å². The summed E-state index contributed by atoms with van der Waals surface area (Å²) in [6.07, 6.45) is 6.56. The molecule has 1 aromatic rings. The SMILES string of the molecule is O=C1CCCN1C1CCCC(Cc2c(Cl)ccc(Br)c2F)C1. The maximum absolute atomic E-state index is 14.3. The minimum absolute atomic E-state index is 0.244. The van der Waals surface area contributed by atoms with Gasteiger partial charge in [0.1, 0.15) is 5.82 Å². The van der Waals surface area contributed by atoms with E-state index in [-0.39, 0.29) is 11.7 Å². The van der Waals surface area contributed by atoms with Crippen molar-refractivity contribution in [3.63, 3.8) is 0 Å². The smallest absolute Gasteiger partial charge is 0.222 e. The lowest BCUT2D eigenvalue weighted by molar-refractivity contribution is -0.130. The topological polar surface area (TPSA) is 20.3 Å².